The van der Waals surface area contributed by atoms with Crippen LogP contribution in [0.25, 0.3) is 0 Å². The molecule has 1 saturated carbocycles. The molecule has 0 radical (unpaired) electrons. The smallest absolute Gasteiger partial charge is 0.324 e. The maximum atomic E-state index is 12.7. The maximum Gasteiger partial charge on any atom is 0.324 e. The number of amides is 3. The number of urea groups is 1. The fourth-order valence-corrected chi connectivity index (χ4v) is 5.89. The molecule has 0 atom stereocenters. The van der Waals surface area contributed by atoms with Gasteiger partial charge in [-0.1, -0.05) is 32.4 Å². The summed E-state index contributed by atoms with van der Waals surface area (Å²) >= 11 is 0. The van der Waals surface area contributed by atoms with Gasteiger partial charge in [-0.3, -0.25) is 10.1 Å². The van der Waals surface area contributed by atoms with Crippen molar-refractivity contribution in [1.29, 1.82) is 0 Å². The van der Waals surface area contributed by atoms with Crippen molar-refractivity contribution < 1.29 is 22.7 Å². The third-order valence-corrected chi connectivity index (χ3v) is 7.53. The Labute approximate surface area is 179 Å². The van der Waals surface area contributed by atoms with Crippen LogP contribution in [-0.2, 0) is 20.0 Å². The van der Waals surface area contributed by atoms with Gasteiger partial charge in [0.15, 0.2) is 9.84 Å². The minimum absolute atomic E-state index is 0.0968. The minimum atomic E-state index is -3.17. The van der Waals surface area contributed by atoms with E-state index in [1.165, 1.54) is 4.90 Å². The SMILES string of the molecule is CC(C)COc1cccc(C2(CS(=O)(=O)CCCCCN3CC(=O)NC3=O)CC2)c1. The molecule has 7 nitrogen and oxygen atoms in total. The van der Waals surface area contributed by atoms with E-state index < -0.39 is 9.84 Å². The van der Waals surface area contributed by atoms with E-state index >= 15 is 0 Å². The van der Waals surface area contributed by atoms with Crippen molar-refractivity contribution in [3.05, 3.63) is 29.8 Å². The van der Waals surface area contributed by atoms with Crippen molar-refractivity contribution in [1.82, 2.24) is 10.2 Å². The van der Waals surface area contributed by atoms with Gasteiger partial charge in [0.25, 0.3) is 0 Å². The number of unbranched alkanes of at least 4 members (excludes halogenated alkanes) is 2. The van der Waals surface area contributed by atoms with E-state index in [-0.39, 0.29) is 35.4 Å². The fraction of sp³-hybridized carbons (Fsp3) is 0.636. The van der Waals surface area contributed by atoms with Crippen LogP contribution in [0.15, 0.2) is 24.3 Å². The van der Waals surface area contributed by atoms with Crippen LogP contribution >= 0.6 is 0 Å². The van der Waals surface area contributed by atoms with Gasteiger partial charge < -0.3 is 9.64 Å². The Bertz CT molecular complexity index is 877. The van der Waals surface area contributed by atoms with Gasteiger partial charge in [0, 0.05) is 12.0 Å². The van der Waals surface area contributed by atoms with Crippen molar-refractivity contribution in [3.8, 4) is 5.75 Å². The van der Waals surface area contributed by atoms with Crippen LogP contribution in [0.3, 0.4) is 0 Å². The Balaban J connectivity index is 1.46. The van der Waals surface area contributed by atoms with Gasteiger partial charge in [0.2, 0.25) is 5.91 Å². The molecule has 3 amide bonds. The van der Waals surface area contributed by atoms with Gasteiger partial charge in [0.05, 0.1) is 18.1 Å². The number of carbonyl (C=O) groups is 2. The molecular weight excluding hydrogens is 404 g/mol. The summed E-state index contributed by atoms with van der Waals surface area (Å²) in [6, 6.07) is 7.50. The number of imide groups is 1. The highest BCUT2D eigenvalue weighted by molar-refractivity contribution is 7.91. The molecule has 1 aliphatic carbocycles. The van der Waals surface area contributed by atoms with Gasteiger partial charge in [-0.05, 0) is 49.3 Å². The van der Waals surface area contributed by atoms with Gasteiger partial charge in [-0.15, -0.1) is 0 Å². The summed E-state index contributed by atoms with van der Waals surface area (Å²) in [5, 5.41) is 2.24. The Morgan fingerprint density at radius 2 is 1.93 bits per heavy atom. The molecule has 0 bridgehead atoms. The molecule has 30 heavy (non-hydrogen) atoms. The molecule has 1 aromatic carbocycles. The summed E-state index contributed by atoms with van der Waals surface area (Å²) in [6.45, 7) is 5.41. The highest BCUT2D eigenvalue weighted by Crippen LogP contribution is 2.50. The molecule has 0 unspecified atom stereocenters. The molecule has 166 valence electrons. The molecule has 0 spiro atoms. The molecule has 2 aliphatic rings. The molecule has 1 aliphatic heterocycles. The summed E-state index contributed by atoms with van der Waals surface area (Å²) in [7, 11) is -3.17. The Kier molecular flexibility index (Phi) is 7.06. The molecule has 1 heterocycles. The lowest BCUT2D eigenvalue weighted by Gasteiger charge is -2.18. The molecule has 3 rings (SSSR count). The summed E-state index contributed by atoms with van der Waals surface area (Å²) in [6.07, 6.45) is 3.74. The number of nitrogens with zero attached hydrogens (tertiary/aromatic N) is 1. The quantitative estimate of drug-likeness (QED) is 0.402. The zero-order valence-corrected chi connectivity index (χ0v) is 18.7. The van der Waals surface area contributed by atoms with Crippen molar-refractivity contribution in [2.24, 2.45) is 5.92 Å². The average Bonchev–Trinajstić information content (AvgIpc) is 3.37. The molecule has 0 aromatic heterocycles. The molecule has 1 N–H and O–H groups in total. The van der Waals surface area contributed by atoms with Crippen LogP contribution < -0.4 is 10.1 Å². The largest absolute Gasteiger partial charge is 0.493 e. The van der Waals surface area contributed by atoms with Crippen LogP contribution in [-0.4, -0.2) is 56.5 Å². The van der Waals surface area contributed by atoms with Crippen LogP contribution in [0.1, 0.15) is 51.5 Å². The lowest BCUT2D eigenvalue weighted by Crippen LogP contribution is -2.29. The number of hydrogen-bond donors (Lipinski definition) is 1. The van der Waals surface area contributed by atoms with E-state index in [1.54, 1.807) is 0 Å². The summed E-state index contributed by atoms with van der Waals surface area (Å²) in [5.74, 6) is 1.29. The first-order chi connectivity index (χ1) is 14.2. The van der Waals surface area contributed by atoms with E-state index in [2.05, 4.69) is 19.2 Å². The summed E-state index contributed by atoms with van der Waals surface area (Å²) in [5.41, 5.74) is 0.779. The van der Waals surface area contributed by atoms with Crippen LogP contribution in [0, 0.1) is 5.92 Å². The number of ether oxygens (including phenoxy) is 1. The van der Waals surface area contributed by atoms with Crippen LogP contribution in [0.4, 0.5) is 4.79 Å². The van der Waals surface area contributed by atoms with Gasteiger partial charge >= 0.3 is 6.03 Å². The van der Waals surface area contributed by atoms with E-state index in [0.29, 0.717) is 38.3 Å². The van der Waals surface area contributed by atoms with Crippen molar-refractivity contribution in [3.63, 3.8) is 0 Å². The van der Waals surface area contributed by atoms with Crippen molar-refractivity contribution in [2.75, 3.05) is 31.2 Å². The van der Waals surface area contributed by atoms with Crippen molar-refractivity contribution in [2.45, 2.75) is 51.4 Å². The number of rotatable bonds is 12. The predicted octanol–water partition coefficient (Wildman–Crippen LogP) is 2.89. The second-order valence-corrected chi connectivity index (χ2v) is 11.1. The predicted molar refractivity (Wildman–Crippen MR) is 115 cm³/mol. The standard InChI is InChI=1S/C22H32N2O5S/c1-17(2)15-29-19-8-6-7-18(13-19)22(9-10-22)16-30(27,28)12-5-3-4-11-24-14-20(25)23-21(24)26/h6-8,13,17H,3-5,9-12,14-16H2,1-2H3,(H,23,25,26). The minimum Gasteiger partial charge on any atom is -0.493 e. The third kappa shape index (κ3) is 6.20. The lowest BCUT2D eigenvalue weighted by atomic mass is 9.98. The Morgan fingerprint density at radius 1 is 1.17 bits per heavy atom. The molecule has 1 aromatic rings. The van der Waals surface area contributed by atoms with Gasteiger partial charge in [-0.25, -0.2) is 13.2 Å². The Hall–Kier alpha value is -2.09. The molecule has 1 saturated heterocycles. The fourth-order valence-electron chi connectivity index (χ4n) is 3.80. The van der Waals surface area contributed by atoms with Crippen molar-refractivity contribution >= 4 is 21.8 Å². The maximum absolute atomic E-state index is 12.7. The van der Waals surface area contributed by atoms with Crippen LogP contribution in [0.2, 0.25) is 0 Å². The number of carbonyl (C=O) groups excluding carboxylic acids is 2. The average molecular weight is 437 g/mol. The molecular formula is C22H32N2O5S. The topological polar surface area (TPSA) is 92.8 Å². The highest BCUT2D eigenvalue weighted by atomic mass is 32.2. The summed E-state index contributed by atoms with van der Waals surface area (Å²) < 4.78 is 31.3. The monoisotopic (exact) mass is 436 g/mol. The Morgan fingerprint density at radius 3 is 2.57 bits per heavy atom. The van der Waals surface area contributed by atoms with E-state index in [1.807, 2.05) is 24.3 Å². The lowest BCUT2D eigenvalue weighted by molar-refractivity contribution is -0.118. The number of hydrogen-bond acceptors (Lipinski definition) is 5. The number of nitrogens with one attached hydrogen (secondary N) is 1. The van der Waals surface area contributed by atoms with E-state index in [0.717, 1.165) is 24.2 Å². The van der Waals surface area contributed by atoms with Crippen LogP contribution in [0.5, 0.6) is 5.75 Å². The zero-order valence-electron chi connectivity index (χ0n) is 17.9. The first kappa shape index (κ1) is 22.6. The second-order valence-electron chi connectivity index (χ2n) is 8.94. The highest BCUT2D eigenvalue weighted by Gasteiger charge is 2.47. The first-order valence-electron chi connectivity index (χ1n) is 10.7. The third-order valence-electron chi connectivity index (χ3n) is 5.63. The summed E-state index contributed by atoms with van der Waals surface area (Å²) in [4.78, 5) is 24.1. The zero-order chi connectivity index (χ0) is 21.8. The van der Waals surface area contributed by atoms with E-state index in [9.17, 15) is 18.0 Å². The van der Waals surface area contributed by atoms with Gasteiger partial charge in [-0.2, -0.15) is 0 Å². The molecule has 2 fully saturated rings. The number of benzene rings is 1. The molecule has 8 heteroatoms. The number of sulfone groups is 1. The van der Waals surface area contributed by atoms with Gasteiger partial charge in [0.1, 0.15) is 12.3 Å². The normalized spacial score (nSPS) is 18.0. The first-order valence-corrected chi connectivity index (χ1v) is 12.5. The second kappa shape index (κ2) is 9.37. The van der Waals surface area contributed by atoms with E-state index in [4.69, 9.17) is 4.74 Å².